The number of amides is 1. The van der Waals surface area contributed by atoms with Crippen molar-refractivity contribution in [1.29, 1.82) is 0 Å². The summed E-state index contributed by atoms with van der Waals surface area (Å²) in [4.78, 5) is 18.2. The molecule has 0 radical (unpaired) electrons. The van der Waals surface area contributed by atoms with Gasteiger partial charge in [0.1, 0.15) is 9.84 Å². The van der Waals surface area contributed by atoms with Crippen molar-refractivity contribution in [3.05, 3.63) is 28.5 Å². The number of hydrogen-bond donors (Lipinski definition) is 0. The fourth-order valence-corrected chi connectivity index (χ4v) is 3.68. The van der Waals surface area contributed by atoms with Gasteiger partial charge in [0.05, 0.1) is 11.3 Å². The van der Waals surface area contributed by atoms with Gasteiger partial charge in [0, 0.05) is 35.2 Å². The molecule has 1 saturated carbocycles. The van der Waals surface area contributed by atoms with E-state index in [2.05, 4.69) is 20.9 Å². The molecule has 1 aliphatic carbocycles. The highest BCUT2D eigenvalue weighted by atomic mass is 79.9. The smallest absolute Gasteiger partial charge is 0.255 e. The first-order valence-corrected chi connectivity index (χ1v) is 9.24. The molecule has 2 rings (SSSR count). The highest BCUT2D eigenvalue weighted by molar-refractivity contribution is 9.10. The first-order valence-electron chi connectivity index (χ1n) is 6.39. The molecule has 1 fully saturated rings. The molecule has 7 heteroatoms. The number of pyridine rings is 1. The molecule has 0 N–H and O–H groups in total. The van der Waals surface area contributed by atoms with E-state index in [4.69, 9.17) is 0 Å². The Morgan fingerprint density at radius 1 is 1.50 bits per heavy atom. The lowest BCUT2D eigenvalue weighted by molar-refractivity contribution is 0.0692. The van der Waals surface area contributed by atoms with Crippen molar-refractivity contribution in [3.8, 4) is 0 Å². The molecule has 20 heavy (non-hydrogen) atoms. The second-order valence-corrected chi connectivity index (χ2v) is 8.38. The molecule has 1 aliphatic rings. The molecule has 110 valence electrons. The number of sulfone groups is 1. The van der Waals surface area contributed by atoms with E-state index in [0.717, 1.165) is 17.3 Å². The van der Waals surface area contributed by atoms with Gasteiger partial charge >= 0.3 is 0 Å². The lowest BCUT2D eigenvalue weighted by Crippen LogP contribution is -2.43. The second kappa shape index (κ2) is 5.81. The summed E-state index contributed by atoms with van der Waals surface area (Å²) in [6.45, 7) is 1.78. The molecular formula is C13H17BrN2O3S. The molecule has 1 heterocycles. The van der Waals surface area contributed by atoms with Crippen LogP contribution < -0.4 is 0 Å². The Balaban J connectivity index is 2.22. The van der Waals surface area contributed by atoms with Crippen molar-refractivity contribution in [3.63, 3.8) is 0 Å². The third-order valence-electron chi connectivity index (χ3n) is 3.15. The quantitative estimate of drug-likeness (QED) is 0.803. The summed E-state index contributed by atoms with van der Waals surface area (Å²) < 4.78 is 23.6. The fourth-order valence-electron chi connectivity index (χ4n) is 2.27. The molecule has 0 aliphatic heterocycles. The van der Waals surface area contributed by atoms with Crippen LogP contribution in [-0.4, -0.2) is 48.3 Å². The Morgan fingerprint density at radius 2 is 2.15 bits per heavy atom. The zero-order valence-electron chi connectivity index (χ0n) is 11.4. The molecule has 0 aromatic carbocycles. The van der Waals surface area contributed by atoms with Crippen LogP contribution in [0.15, 0.2) is 22.9 Å². The number of nitrogens with zero attached hydrogens (tertiary/aromatic N) is 2. The summed E-state index contributed by atoms with van der Waals surface area (Å²) in [6.07, 6.45) is 6.18. The summed E-state index contributed by atoms with van der Waals surface area (Å²) >= 11 is 3.29. The van der Waals surface area contributed by atoms with Crippen LogP contribution in [0.4, 0.5) is 0 Å². The molecule has 1 amide bonds. The molecule has 1 aromatic rings. The topological polar surface area (TPSA) is 67.3 Å². The molecule has 1 aromatic heterocycles. The summed E-state index contributed by atoms with van der Waals surface area (Å²) in [5.74, 6) is -0.172. The van der Waals surface area contributed by atoms with Crippen molar-refractivity contribution in [2.45, 2.75) is 31.8 Å². The van der Waals surface area contributed by atoms with Crippen molar-refractivity contribution < 1.29 is 13.2 Å². The average Bonchev–Trinajstić information content (AvgIpc) is 3.11. The van der Waals surface area contributed by atoms with E-state index in [1.54, 1.807) is 24.1 Å². The molecule has 1 atom stereocenters. The van der Waals surface area contributed by atoms with Crippen LogP contribution >= 0.6 is 15.9 Å². The van der Waals surface area contributed by atoms with Crippen LogP contribution in [-0.2, 0) is 9.84 Å². The highest BCUT2D eigenvalue weighted by Gasteiger charge is 2.37. The van der Waals surface area contributed by atoms with Gasteiger partial charge in [-0.15, -0.1) is 0 Å². The molecule has 1 unspecified atom stereocenters. The molecule has 0 bridgehead atoms. The summed E-state index contributed by atoms with van der Waals surface area (Å²) in [5.41, 5.74) is 0.478. The van der Waals surface area contributed by atoms with Crippen molar-refractivity contribution >= 4 is 31.7 Å². The van der Waals surface area contributed by atoms with Gasteiger partial charge in [0.15, 0.2) is 0 Å². The first-order chi connectivity index (χ1) is 9.28. The largest absolute Gasteiger partial charge is 0.332 e. The van der Waals surface area contributed by atoms with Crippen LogP contribution in [0.3, 0.4) is 0 Å². The van der Waals surface area contributed by atoms with E-state index >= 15 is 0 Å². The Morgan fingerprint density at radius 3 is 2.65 bits per heavy atom. The number of rotatable bonds is 5. The fraction of sp³-hybridized carbons (Fsp3) is 0.538. The maximum atomic E-state index is 12.6. The van der Waals surface area contributed by atoms with Gasteiger partial charge in [-0.25, -0.2) is 8.42 Å². The third kappa shape index (κ3) is 4.02. The Bertz CT molecular complexity index is 614. The number of carbonyl (C=O) groups is 1. The van der Waals surface area contributed by atoms with E-state index in [9.17, 15) is 13.2 Å². The average molecular weight is 361 g/mol. The highest BCUT2D eigenvalue weighted by Crippen LogP contribution is 2.30. The Kier molecular flexibility index (Phi) is 4.49. The van der Waals surface area contributed by atoms with E-state index < -0.39 is 9.84 Å². The standard InChI is InChI=1S/C13H17BrN2O3S/c1-9(8-20(2,18)19)16(12-3-4-12)13(17)10-5-11(14)7-15-6-10/h5-7,9,12H,3-4,8H2,1-2H3. The van der Waals surface area contributed by atoms with Crippen LogP contribution in [0.1, 0.15) is 30.1 Å². The zero-order chi connectivity index (χ0) is 14.9. The summed E-state index contributed by atoms with van der Waals surface area (Å²) in [6, 6.07) is 1.53. The van der Waals surface area contributed by atoms with Crippen molar-refractivity contribution in [2.75, 3.05) is 12.0 Å². The minimum atomic E-state index is -3.12. The van der Waals surface area contributed by atoms with E-state index in [1.807, 2.05) is 0 Å². The SMILES string of the molecule is CC(CS(C)(=O)=O)N(C(=O)c1cncc(Br)c1)C1CC1. The monoisotopic (exact) mass is 360 g/mol. The molecule has 5 nitrogen and oxygen atoms in total. The number of aromatic nitrogens is 1. The third-order valence-corrected chi connectivity index (χ3v) is 4.67. The summed E-state index contributed by atoms with van der Waals surface area (Å²) in [7, 11) is -3.12. The minimum Gasteiger partial charge on any atom is -0.332 e. The summed E-state index contributed by atoms with van der Waals surface area (Å²) in [5, 5.41) is 0. The Hall–Kier alpha value is -0.950. The van der Waals surface area contributed by atoms with Gasteiger partial charge in [-0.3, -0.25) is 9.78 Å². The molecular weight excluding hydrogens is 344 g/mol. The number of hydrogen-bond acceptors (Lipinski definition) is 4. The van der Waals surface area contributed by atoms with Gasteiger partial charge < -0.3 is 4.90 Å². The van der Waals surface area contributed by atoms with Crippen LogP contribution in [0.2, 0.25) is 0 Å². The Labute approximate surface area is 127 Å². The predicted octanol–water partition coefficient (Wildman–Crippen LogP) is 1.88. The van der Waals surface area contributed by atoms with Gasteiger partial charge in [-0.2, -0.15) is 0 Å². The zero-order valence-corrected chi connectivity index (χ0v) is 13.8. The normalized spacial score (nSPS) is 16.8. The van der Waals surface area contributed by atoms with E-state index in [-0.39, 0.29) is 23.7 Å². The number of carbonyl (C=O) groups excluding carboxylic acids is 1. The van der Waals surface area contributed by atoms with Crippen molar-refractivity contribution in [1.82, 2.24) is 9.88 Å². The maximum Gasteiger partial charge on any atom is 0.255 e. The van der Waals surface area contributed by atoms with Gasteiger partial charge in [-0.1, -0.05) is 0 Å². The van der Waals surface area contributed by atoms with Gasteiger partial charge in [0.2, 0.25) is 0 Å². The lowest BCUT2D eigenvalue weighted by Gasteiger charge is -2.29. The molecule has 0 saturated heterocycles. The van der Waals surface area contributed by atoms with E-state index in [1.165, 1.54) is 12.5 Å². The van der Waals surface area contributed by atoms with E-state index in [0.29, 0.717) is 5.56 Å². The molecule has 0 spiro atoms. The minimum absolute atomic E-state index is 0.0172. The first kappa shape index (κ1) is 15.4. The van der Waals surface area contributed by atoms with Crippen LogP contribution in [0.5, 0.6) is 0 Å². The second-order valence-electron chi connectivity index (χ2n) is 5.28. The lowest BCUT2D eigenvalue weighted by atomic mass is 10.2. The predicted molar refractivity (Wildman–Crippen MR) is 80.3 cm³/mol. The van der Waals surface area contributed by atoms with Gasteiger partial charge in [-0.05, 0) is 41.8 Å². The van der Waals surface area contributed by atoms with Crippen LogP contribution in [0.25, 0.3) is 0 Å². The maximum absolute atomic E-state index is 12.6. The van der Waals surface area contributed by atoms with Crippen LogP contribution in [0, 0.1) is 0 Å². The van der Waals surface area contributed by atoms with Gasteiger partial charge in [0.25, 0.3) is 5.91 Å². The van der Waals surface area contributed by atoms with Crippen molar-refractivity contribution in [2.24, 2.45) is 0 Å². The number of halogens is 1.